The van der Waals surface area contributed by atoms with Crippen LogP contribution in [0.1, 0.15) is 45.1 Å². The van der Waals surface area contributed by atoms with Crippen molar-refractivity contribution in [1.29, 1.82) is 0 Å². The van der Waals surface area contributed by atoms with Crippen LogP contribution < -0.4 is 15.8 Å². The zero-order chi connectivity index (χ0) is 17.2. The molecule has 1 aliphatic rings. The smallest absolute Gasteiger partial charge is 0.218 e. The minimum Gasteiger partial charge on any atom is -0.477 e. The van der Waals surface area contributed by atoms with E-state index >= 15 is 0 Å². The lowest BCUT2D eigenvalue weighted by Crippen LogP contribution is -2.42. The first-order chi connectivity index (χ1) is 11.7. The molecule has 1 atom stereocenters. The van der Waals surface area contributed by atoms with Gasteiger partial charge in [0.2, 0.25) is 5.88 Å². The number of pyridine rings is 1. The van der Waals surface area contributed by atoms with Crippen LogP contribution in [-0.4, -0.2) is 48.1 Å². The summed E-state index contributed by atoms with van der Waals surface area (Å²) in [4.78, 5) is 11.2. The Labute approximate surface area is 145 Å². The molecule has 1 aromatic heterocycles. The van der Waals surface area contributed by atoms with Crippen LogP contribution in [0.15, 0.2) is 23.3 Å². The maximum Gasteiger partial charge on any atom is 0.218 e. The number of aromatic nitrogens is 1. The summed E-state index contributed by atoms with van der Waals surface area (Å²) >= 11 is 0. The SMILES string of the molecule is CCCCOc1ncccc1CN=C(N)NCC1CCCN1CC. The Hall–Kier alpha value is -1.82. The molecule has 0 radical (unpaired) electrons. The zero-order valence-electron chi connectivity index (χ0n) is 15.0. The summed E-state index contributed by atoms with van der Waals surface area (Å²) in [6.07, 6.45) is 6.37. The van der Waals surface area contributed by atoms with Gasteiger partial charge in [-0.25, -0.2) is 9.98 Å². The zero-order valence-corrected chi connectivity index (χ0v) is 15.0. The molecule has 0 amide bonds. The number of hydrogen-bond acceptors (Lipinski definition) is 4. The Kier molecular flexibility index (Phi) is 7.82. The number of unbranched alkanes of at least 4 members (excludes halogenated alkanes) is 1. The molecule has 1 aliphatic heterocycles. The quantitative estimate of drug-likeness (QED) is 0.411. The Morgan fingerprint density at radius 1 is 1.50 bits per heavy atom. The highest BCUT2D eigenvalue weighted by atomic mass is 16.5. The second-order valence-electron chi connectivity index (χ2n) is 6.18. The summed E-state index contributed by atoms with van der Waals surface area (Å²) in [6, 6.07) is 4.45. The average molecular weight is 333 g/mol. The lowest BCUT2D eigenvalue weighted by atomic mass is 10.2. The first-order valence-electron chi connectivity index (χ1n) is 9.09. The molecule has 0 aliphatic carbocycles. The monoisotopic (exact) mass is 333 g/mol. The van der Waals surface area contributed by atoms with Gasteiger partial charge >= 0.3 is 0 Å². The maximum absolute atomic E-state index is 6.02. The lowest BCUT2D eigenvalue weighted by Gasteiger charge is -2.23. The number of hydrogen-bond donors (Lipinski definition) is 2. The minimum atomic E-state index is 0.482. The standard InChI is InChI=1S/C18H31N5O/c1-3-5-12-24-17-15(8-6-10-20-17)13-21-18(19)22-14-16-9-7-11-23(16)4-2/h6,8,10,16H,3-5,7,9,11-14H2,1-2H3,(H3,19,21,22). The summed E-state index contributed by atoms with van der Waals surface area (Å²) in [5.74, 6) is 1.15. The fourth-order valence-electron chi connectivity index (χ4n) is 2.98. The van der Waals surface area contributed by atoms with E-state index in [1.165, 1.54) is 19.4 Å². The molecule has 1 unspecified atom stereocenters. The van der Waals surface area contributed by atoms with E-state index in [9.17, 15) is 0 Å². The Morgan fingerprint density at radius 2 is 2.38 bits per heavy atom. The van der Waals surface area contributed by atoms with Crippen molar-refractivity contribution in [2.45, 2.75) is 52.1 Å². The van der Waals surface area contributed by atoms with Crippen molar-refractivity contribution in [2.75, 3.05) is 26.2 Å². The summed E-state index contributed by atoms with van der Waals surface area (Å²) in [5.41, 5.74) is 6.98. The van der Waals surface area contributed by atoms with Gasteiger partial charge in [-0.05, 0) is 38.4 Å². The van der Waals surface area contributed by atoms with Crippen molar-refractivity contribution < 1.29 is 4.74 Å². The molecule has 1 saturated heterocycles. The van der Waals surface area contributed by atoms with Crippen molar-refractivity contribution in [2.24, 2.45) is 10.7 Å². The number of rotatable bonds is 9. The molecule has 0 aromatic carbocycles. The number of nitrogens with zero attached hydrogens (tertiary/aromatic N) is 3. The predicted octanol–water partition coefficient (Wildman–Crippen LogP) is 2.15. The van der Waals surface area contributed by atoms with Gasteiger partial charge in [-0.3, -0.25) is 4.90 Å². The molecule has 6 heteroatoms. The van der Waals surface area contributed by atoms with Crippen molar-refractivity contribution in [3.8, 4) is 5.88 Å². The molecule has 6 nitrogen and oxygen atoms in total. The lowest BCUT2D eigenvalue weighted by molar-refractivity contribution is 0.267. The molecule has 2 rings (SSSR count). The maximum atomic E-state index is 6.02. The molecule has 3 N–H and O–H groups in total. The van der Waals surface area contributed by atoms with E-state index in [0.29, 0.717) is 31.0 Å². The van der Waals surface area contributed by atoms with Crippen LogP contribution in [-0.2, 0) is 6.54 Å². The number of likely N-dealkylation sites (N-methyl/N-ethyl adjacent to an activating group) is 1. The van der Waals surface area contributed by atoms with Crippen LogP contribution in [0.2, 0.25) is 0 Å². The van der Waals surface area contributed by atoms with Gasteiger partial charge in [0.25, 0.3) is 0 Å². The molecule has 0 saturated carbocycles. The number of aliphatic imine (C=N–C) groups is 1. The van der Waals surface area contributed by atoms with Gasteiger partial charge in [-0.1, -0.05) is 26.3 Å². The van der Waals surface area contributed by atoms with Gasteiger partial charge in [0.1, 0.15) is 0 Å². The molecule has 0 spiro atoms. The van der Waals surface area contributed by atoms with Crippen LogP contribution in [0.3, 0.4) is 0 Å². The van der Waals surface area contributed by atoms with Crippen LogP contribution in [0, 0.1) is 0 Å². The van der Waals surface area contributed by atoms with Crippen LogP contribution in [0.5, 0.6) is 5.88 Å². The fourth-order valence-corrected chi connectivity index (χ4v) is 2.98. The van der Waals surface area contributed by atoms with E-state index < -0.39 is 0 Å². The van der Waals surface area contributed by atoms with Crippen LogP contribution in [0.25, 0.3) is 0 Å². The number of ether oxygens (including phenoxy) is 1. The molecule has 0 bridgehead atoms. The fraction of sp³-hybridized carbons (Fsp3) is 0.667. The molecular formula is C18H31N5O. The molecule has 24 heavy (non-hydrogen) atoms. The number of nitrogens with one attached hydrogen (secondary N) is 1. The minimum absolute atomic E-state index is 0.482. The van der Waals surface area contributed by atoms with Crippen LogP contribution >= 0.6 is 0 Å². The molecule has 134 valence electrons. The van der Waals surface area contributed by atoms with E-state index in [0.717, 1.165) is 31.5 Å². The third kappa shape index (κ3) is 5.67. The summed E-state index contributed by atoms with van der Waals surface area (Å²) in [6.45, 7) is 8.66. The van der Waals surface area contributed by atoms with E-state index in [1.54, 1.807) is 6.20 Å². The van der Waals surface area contributed by atoms with E-state index in [-0.39, 0.29) is 0 Å². The topological polar surface area (TPSA) is 75.8 Å². The second-order valence-corrected chi connectivity index (χ2v) is 6.18. The molecule has 1 fully saturated rings. The van der Waals surface area contributed by atoms with Gasteiger partial charge in [-0.2, -0.15) is 0 Å². The van der Waals surface area contributed by atoms with E-state index in [4.69, 9.17) is 10.5 Å². The highest BCUT2D eigenvalue weighted by molar-refractivity contribution is 5.77. The summed E-state index contributed by atoms with van der Waals surface area (Å²) in [5, 5.41) is 3.26. The second kappa shape index (κ2) is 10.1. The predicted molar refractivity (Wildman–Crippen MR) is 98.2 cm³/mol. The van der Waals surface area contributed by atoms with Gasteiger partial charge in [0, 0.05) is 24.3 Å². The van der Waals surface area contributed by atoms with Gasteiger partial charge in [-0.15, -0.1) is 0 Å². The number of guanidine groups is 1. The first-order valence-corrected chi connectivity index (χ1v) is 9.09. The Bertz CT molecular complexity index is 520. The Morgan fingerprint density at radius 3 is 3.17 bits per heavy atom. The van der Waals surface area contributed by atoms with Crippen molar-refractivity contribution >= 4 is 5.96 Å². The molecular weight excluding hydrogens is 302 g/mol. The molecule has 2 heterocycles. The van der Waals surface area contributed by atoms with E-state index in [1.807, 2.05) is 12.1 Å². The first kappa shape index (κ1) is 18.5. The van der Waals surface area contributed by atoms with Crippen molar-refractivity contribution in [3.63, 3.8) is 0 Å². The normalized spacial score (nSPS) is 18.8. The highest BCUT2D eigenvalue weighted by Crippen LogP contribution is 2.16. The molecule has 1 aromatic rings. The highest BCUT2D eigenvalue weighted by Gasteiger charge is 2.22. The van der Waals surface area contributed by atoms with Crippen molar-refractivity contribution in [1.82, 2.24) is 15.2 Å². The third-order valence-corrected chi connectivity index (χ3v) is 4.43. The van der Waals surface area contributed by atoms with Gasteiger partial charge in [0.15, 0.2) is 5.96 Å². The van der Waals surface area contributed by atoms with Crippen LogP contribution in [0.4, 0.5) is 0 Å². The summed E-state index contributed by atoms with van der Waals surface area (Å²) in [7, 11) is 0. The largest absolute Gasteiger partial charge is 0.477 e. The summed E-state index contributed by atoms with van der Waals surface area (Å²) < 4.78 is 5.73. The third-order valence-electron chi connectivity index (χ3n) is 4.43. The van der Waals surface area contributed by atoms with Gasteiger partial charge in [0.05, 0.1) is 13.2 Å². The van der Waals surface area contributed by atoms with E-state index in [2.05, 4.69) is 34.0 Å². The number of nitrogens with two attached hydrogens (primary N) is 1. The average Bonchev–Trinajstić information content (AvgIpc) is 3.07. The Balaban J connectivity index is 1.83. The van der Waals surface area contributed by atoms with Gasteiger partial charge < -0.3 is 15.8 Å². The van der Waals surface area contributed by atoms with Crippen molar-refractivity contribution in [3.05, 3.63) is 23.9 Å². The number of likely N-dealkylation sites (tertiary alicyclic amines) is 1.